The fourth-order valence-electron chi connectivity index (χ4n) is 4.29. The van der Waals surface area contributed by atoms with Gasteiger partial charge < -0.3 is 10.2 Å². The molecule has 0 aliphatic carbocycles. The van der Waals surface area contributed by atoms with Crippen molar-refractivity contribution in [3.05, 3.63) is 93.5 Å². The van der Waals surface area contributed by atoms with Gasteiger partial charge in [-0.15, -0.1) is 0 Å². The first-order valence-corrected chi connectivity index (χ1v) is 15.5. The van der Waals surface area contributed by atoms with Gasteiger partial charge in [0.1, 0.15) is 12.6 Å². The number of rotatable bonds is 10. The Labute approximate surface area is 253 Å². The van der Waals surface area contributed by atoms with Crippen LogP contribution in [0.3, 0.4) is 0 Å². The maximum atomic E-state index is 14.2. The van der Waals surface area contributed by atoms with Crippen LogP contribution in [-0.4, -0.2) is 43.3 Å². The van der Waals surface area contributed by atoms with Crippen LogP contribution in [0.15, 0.2) is 71.6 Å². The molecule has 10 heteroatoms. The first-order chi connectivity index (χ1) is 19.1. The van der Waals surface area contributed by atoms with Gasteiger partial charge in [-0.1, -0.05) is 72.1 Å². The van der Waals surface area contributed by atoms with Gasteiger partial charge in [-0.2, -0.15) is 0 Å². The Bertz CT molecular complexity index is 1500. The average Bonchev–Trinajstić information content (AvgIpc) is 2.89. The molecule has 2 amide bonds. The summed E-state index contributed by atoms with van der Waals surface area (Å²) in [6.45, 7) is 10.5. The molecule has 1 unspecified atom stereocenters. The Morgan fingerprint density at radius 3 is 2.12 bits per heavy atom. The molecule has 7 nitrogen and oxygen atoms in total. The van der Waals surface area contributed by atoms with Crippen molar-refractivity contribution >= 4 is 50.7 Å². The first-order valence-electron chi connectivity index (χ1n) is 13.3. The quantitative estimate of drug-likeness (QED) is 0.280. The normalized spacial score (nSPS) is 12.5. The zero-order chi connectivity index (χ0) is 30.5. The number of nitrogens with zero attached hydrogens (tertiary/aromatic N) is 2. The molecule has 0 radical (unpaired) electrons. The number of aryl methyl sites for hydroxylation is 2. The van der Waals surface area contributed by atoms with Crippen LogP contribution in [0, 0.1) is 13.8 Å². The summed E-state index contributed by atoms with van der Waals surface area (Å²) in [5.74, 6) is -0.903. The molecule has 41 heavy (non-hydrogen) atoms. The number of hydrogen-bond acceptors (Lipinski definition) is 4. The number of sulfonamides is 1. The molecule has 0 fully saturated rings. The molecule has 0 saturated heterocycles. The zero-order valence-electron chi connectivity index (χ0n) is 24.2. The average molecular weight is 619 g/mol. The van der Waals surface area contributed by atoms with Gasteiger partial charge >= 0.3 is 0 Å². The van der Waals surface area contributed by atoms with Crippen LogP contribution in [0.4, 0.5) is 5.69 Å². The molecule has 1 atom stereocenters. The fraction of sp³-hybridized carbons (Fsp3) is 0.355. The minimum Gasteiger partial charge on any atom is -0.350 e. The predicted octanol–water partition coefficient (Wildman–Crippen LogP) is 6.53. The van der Waals surface area contributed by atoms with Gasteiger partial charge in [0.05, 0.1) is 10.6 Å². The van der Waals surface area contributed by atoms with Crippen molar-refractivity contribution < 1.29 is 18.0 Å². The molecule has 0 aliphatic heterocycles. The Hall–Kier alpha value is -3.07. The highest BCUT2D eigenvalue weighted by molar-refractivity contribution is 7.92. The van der Waals surface area contributed by atoms with Gasteiger partial charge in [-0.3, -0.25) is 13.9 Å². The Morgan fingerprint density at radius 2 is 1.56 bits per heavy atom. The summed E-state index contributed by atoms with van der Waals surface area (Å²) in [6, 6.07) is 17.4. The highest BCUT2D eigenvalue weighted by atomic mass is 35.5. The van der Waals surface area contributed by atoms with Crippen LogP contribution >= 0.6 is 23.2 Å². The van der Waals surface area contributed by atoms with Crippen LogP contribution in [0.1, 0.15) is 50.8 Å². The van der Waals surface area contributed by atoms with Crippen LogP contribution in [0.25, 0.3) is 0 Å². The molecule has 3 rings (SSSR count). The minimum absolute atomic E-state index is 0.0155. The Morgan fingerprint density at radius 1 is 0.927 bits per heavy atom. The molecule has 3 aromatic rings. The first kappa shape index (κ1) is 32.4. The Kier molecular flexibility index (Phi) is 10.5. The van der Waals surface area contributed by atoms with Gasteiger partial charge in [-0.25, -0.2) is 8.42 Å². The van der Waals surface area contributed by atoms with E-state index in [1.54, 1.807) is 62.4 Å². The molecule has 220 valence electrons. The number of carbonyl (C=O) groups excluding carboxylic acids is 2. The van der Waals surface area contributed by atoms with Crippen LogP contribution in [0.2, 0.25) is 10.0 Å². The van der Waals surface area contributed by atoms with E-state index in [0.29, 0.717) is 22.0 Å². The molecular weight excluding hydrogens is 581 g/mol. The van der Waals surface area contributed by atoms with Gasteiger partial charge in [0, 0.05) is 22.1 Å². The van der Waals surface area contributed by atoms with Crippen molar-refractivity contribution in [3.8, 4) is 0 Å². The van der Waals surface area contributed by atoms with Gasteiger partial charge in [0.2, 0.25) is 11.8 Å². The molecule has 0 bridgehead atoms. The summed E-state index contributed by atoms with van der Waals surface area (Å²) >= 11 is 12.8. The topological polar surface area (TPSA) is 86.8 Å². The van der Waals surface area contributed by atoms with Gasteiger partial charge in [0.15, 0.2) is 0 Å². The molecular formula is C31H37Cl2N3O4S. The van der Waals surface area contributed by atoms with E-state index in [9.17, 15) is 18.0 Å². The van der Waals surface area contributed by atoms with E-state index in [-0.39, 0.29) is 23.0 Å². The number of amides is 2. The van der Waals surface area contributed by atoms with E-state index in [1.165, 1.54) is 23.1 Å². The zero-order valence-corrected chi connectivity index (χ0v) is 26.6. The summed E-state index contributed by atoms with van der Waals surface area (Å²) in [7, 11) is -4.19. The standard InChI is InChI=1S/C31H37Cl2N3O4S/c1-7-28(30(38)34-31(4,5)6)35(19-23-10-8-9-11-26(23)32)29(37)20-36(24-15-14-22(3)27(33)18-24)41(39,40)25-16-12-21(2)13-17-25/h8-18,28H,7,19-20H2,1-6H3,(H,34,38). The molecule has 0 saturated carbocycles. The van der Waals surface area contributed by atoms with E-state index in [0.717, 1.165) is 15.4 Å². The number of nitrogens with one attached hydrogen (secondary N) is 1. The molecule has 0 heterocycles. The number of benzene rings is 3. The summed E-state index contributed by atoms with van der Waals surface area (Å²) < 4.78 is 29.0. The van der Waals surface area contributed by atoms with Crippen molar-refractivity contribution in [2.75, 3.05) is 10.8 Å². The number of hydrogen-bond donors (Lipinski definition) is 1. The van der Waals surface area contributed by atoms with Crippen molar-refractivity contribution in [2.24, 2.45) is 0 Å². The molecule has 1 N–H and O–H groups in total. The lowest BCUT2D eigenvalue weighted by molar-refractivity contribution is -0.141. The predicted molar refractivity (Wildman–Crippen MR) is 166 cm³/mol. The van der Waals surface area contributed by atoms with Crippen LogP contribution < -0.4 is 9.62 Å². The Balaban J connectivity index is 2.11. The lowest BCUT2D eigenvalue weighted by Crippen LogP contribution is -2.55. The molecule has 0 aliphatic rings. The monoisotopic (exact) mass is 617 g/mol. The van der Waals surface area contributed by atoms with Crippen molar-refractivity contribution in [1.29, 1.82) is 0 Å². The number of halogens is 2. The summed E-state index contributed by atoms with van der Waals surface area (Å²) in [6.07, 6.45) is 0.305. The highest BCUT2D eigenvalue weighted by Gasteiger charge is 2.35. The van der Waals surface area contributed by atoms with Crippen molar-refractivity contribution in [2.45, 2.75) is 71.0 Å². The van der Waals surface area contributed by atoms with Gasteiger partial charge in [0.25, 0.3) is 10.0 Å². The van der Waals surface area contributed by atoms with E-state index in [1.807, 2.05) is 27.7 Å². The van der Waals surface area contributed by atoms with E-state index < -0.39 is 34.1 Å². The third-order valence-corrected chi connectivity index (χ3v) is 9.08. The maximum Gasteiger partial charge on any atom is 0.264 e. The van der Waals surface area contributed by atoms with Crippen molar-refractivity contribution in [1.82, 2.24) is 10.2 Å². The second-order valence-electron chi connectivity index (χ2n) is 11.0. The van der Waals surface area contributed by atoms with E-state index in [2.05, 4.69) is 5.32 Å². The molecule has 0 spiro atoms. The summed E-state index contributed by atoms with van der Waals surface area (Å²) in [5.41, 5.74) is 1.99. The van der Waals surface area contributed by atoms with Crippen LogP contribution in [0.5, 0.6) is 0 Å². The van der Waals surface area contributed by atoms with Crippen molar-refractivity contribution in [3.63, 3.8) is 0 Å². The van der Waals surface area contributed by atoms with E-state index in [4.69, 9.17) is 23.2 Å². The number of anilines is 1. The fourth-order valence-corrected chi connectivity index (χ4v) is 6.06. The second kappa shape index (κ2) is 13.3. The van der Waals surface area contributed by atoms with Crippen LogP contribution in [-0.2, 0) is 26.2 Å². The second-order valence-corrected chi connectivity index (χ2v) is 13.7. The highest BCUT2D eigenvalue weighted by Crippen LogP contribution is 2.29. The number of carbonyl (C=O) groups is 2. The van der Waals surface area contributed by atoms with Gasteiger partial charge in [-0.05, 0) is 82.5 Å². The largest absolute Gasteiger partial charge is 0.350 e. The molecule has 3 aromatic carbocycles. The third kappa shape index (κ3) is 8.24. The SMILES string of the molecule is CCC(C(=O)NC(C)(C)C)N(Cc1ccccc1Cl)C(=O)CN(c1ccc(C)c(Cl)c1)S(=O)(=O)c1ccc(C)cc1. The molecule has 0 aromatic heterocycles. The lowest BCUT2D eigenvalue weighted by Gasteiger charge is -2.35. The summed E-state index contributed by atoms with van der Waals surface area (Å²) in [4.78, 5) is 29.0. The smallest absolute Gasteiger partial charge is 0.264 e. The third-order valence-electron chi connectivity index (χ3n) is 6.51. The lowest BCUT2D eigenvalue weighted by atomic mass is 10.1. The van der Waals surface area contributed by atoms with E-state index >= 15 is 0 Å². The maximum absolute atomic E-state index is 14.2. The summed E-state index contributed by atoms with van der Waals surface area (Å²) in [5, 5.41) is 3.75. The minimum atomic E-state index is -4.19.